The fourth-order valence-electron chi connectivity index (χ4n) is 3.09. The van der Waals surface area contributed by atoms with Crippen LogP contribution in [0.5, 0.6) is 0 Å². The van der Waals surface area contributed by atoms with Gasteiger partial charge in [-0.3, -0.25) is 4.74 Å². The van der Waals surface area contributed by atoms with E-state index in [0.29, 0.717) is 6.08 Å². The minimum Gasteiger partial charge on any atom is -0.298 e. The van der Waals surface area contributed by atoms with Crippen molar-refractivity contribution in [2.75, 3.05) is 0 Å². The highest BCUT2D eigenvalue weighted by molar-refractivity contribution is 5.70. The number of rotatable bonds is 0. The van der Waals surface area contributed by atoms with E-state index in [1.54, 1.807) is 0 Å². The Kier molecular flexibility index (Phi) is 1.84. The molecule has 1 nitrogen and oxygen atoms in total. The molecule has 1 aromatic carbocycles. The lowest BCUT2D eigenvalue weighted by molar-refractivity contribution is -0.00585. The summed E-state index contributed by atoms with van der Waals surface area (Å²) in [5.74, 6) is -18.9. The topological polar surface area (TPSA) is 12.5 Å². The van der Waals surface area contributed by atoms with Gasteiger partial charge in [0.15, 0.2) is 23.3 Å². The Balaban J connectivity index is 2.05. The summed E-state index contributed by atoms with van der Waals surface area (Å²) >= 11 is 0. The van der Waals surface area contributed by atoms with Gasteiger partial charge in [-0.2, -0.15) is 0 Å². The zero-order chi connectivity index (χ0) is 14.6. The van der Waals surface area contributed by atoms with E-state index in [1.165, 1.54) is 0 Å². The van der Waals surface area contributed by atoms with E-state index < -0.39 is 63.8 Å². The Morgan fingerprint density at radius 1 is 0.850 bits per heavy atom. The van der Waals surface area contributed by atoms with Gasteiger partial charge in [0, 0.05) is 5.56 Å². The van der Waals surface area contributed by atoms with Crippen LogP contribution >= 0.6 is 0 Å². The van der Waals surface area contributed by atoms with E-state index in [1.807, 2.05) is 0 Å². The van der Waals surface area contributed by atoms with Crippen LogP contribution in [0.2, 0.25) is 0 Å². The molecule has 0 amide bonds. The monoisotopic (exact) mass is 296 g/mol. The first kappa shape index (κ1) is 12.2. The molecule has 1 aromatic rings. The molecule has 4 unspecified atom stereocenters. The van der Waals surface area contributed by atoms with Crippen molar-refractivity contribution < 1.29 is 35.5 Å². The summed E-state index contributed by atoms with van der Waals surface area (Å²) in [6, 6.07) is 0. The molecule has 1 heterocycles. The lowest BCUT2D eigenvalue weighted by Gasteiger charge is -2.39. The number of epoxide rings is 1. The molecular weight excluding hydrogens is 293 g/mol. The summed E-state index contributed by atoms with van der Waals surface area (Å²) in [4.78, 5) is 0. The van der Waals surface area contributed by atoms with Crippen LogP contribution in [0.4, 0.5) is 30.7 Å². The molecule has 1 saturated carbocycles. The van der Waals surface area contributed by atoms with Crippen molar-refractivity contribution in [1.82, 2.24) is 0 Å². The Bertz CT molecular complexity index is 714. The van der Waals surface area contributed by atoms with Gasteiger partial charge in [-0.25, -0.2) is 30.7 Å². The Labute approximate surface area is 106 Å². The summed E-state index contributed by atoms with van der Waals surface area (Å²) < 4.78 is 99.0. The Morgan fingerprint density at radius 2 is 1.45 bits per heavy atom. The molecule has 20 heavy (non-hydrogen) atoms. The fourth-order valence-corrected chi connectivity index (χ4v) is 3.09. The predicted molar refractivity (Wildman–Crippen MR) is 50.4 cm³/mol. The lowest BCUT2D eigenvalue weighted by atomic mass is 9.63. The molecule has 1 aliphatic heterocycles. The molecule has 2 aliphatic carbocycles. The average Bonchev–Trinajstić information content (AvgIpc) is 2.89. The van der Waals surface area contributed by atoms with Gasteiger partial charge in [0.2, 0.25) is 0 Å². The maximum atomic E-state index is 13.9. The third-order valence-corrected chi connectivity index (χ3v) is 4.09. The highest BCUT2D eigenvalue weighted by Crippen LogP contribution is 2.78. The van der Waals surface area contributed by atoms with Crippen LogP contribution in [0.15, 0.2) is 6.08 Å². The second-order valence-electron chi connectivity index (χ2n) is 4.95. The maximum Gasteiger partial charge on any atom is 0.279 e. The van der Waals surface area contributed by atoms with E-state index in [-0.39, 0.29) is 0 Å². The largest absolute Gasteiger partial charge is 0.298 e. The summed E-state index contributed by atoms with van der Waals surface area (Å²) in [6.45, 7) is 0. The van der Waals surface area contributed by atoms with Crippen molar-refractivity contribution in [3.63, 3.8) is 0 Å². The van der Waals surface area contributed by atoms with Crippen molar-refractivity contribution in [3.05, 3.63) is 40.5 Å². The normalized spacial score (nSPS) is 40.2. The third-order valence-electron chi connectivity index (χ3n) is 4.09. The quantitative estimate of drug-likeness (QED) is 0.308. The van der Waals surface area contributed by atoms with Gasteiger partial charge < -0.3 is 0 Å². The van der Waals surface area contributed by atoms with Gasteiger partial charge in [0.1, 0.15) is 5.83 Å². The molecule has 0 bridgehead atoms. The van der Waals surface area contributed by atoms with Gasteiger partial charge in [-0.15, -0.1) is 0 Å². The van der Waals surface area contributed by atoms with Crippen molar-refractivity contribution in [3.8, 4) is 0 Å². The van der Waals surface area contributed by atoms with Crippen molar-refractivity contribution >= 4 is 5.83 Å². The van der Waals surface area contributed by atoms with Crippen LogP contribution in [0, 0.1) is 29.2 Å². The highest BCUT2D eigenvalue weighted by atomic mass is 19.2. The van der Waals surface area contributed by atoms with Gasteiger partial charge in [-0.05, 0) is 6.08 Å². The number of hydrogen-bond acceptors (Lipinski definition) is 1. The molecule has 8 heteroatoms. The van der Waals surface area contributed by atoms with E-state index in [4.69, 9.17) is 0 Å². The number of ether oxygens (including phenoxy) is 1. The molecule has 4 atom stereocenters. The second kappa shape index (κ2) is 3.03. The van der Waals surface area contributed by atoms with Crippen LogP contribution in [-0.2, 0) is 4.74 Å². The predicted octanol–water partition coefficient (Wildman–Crippen LogP) is 3.64. The van der Waals surface area contributed by atoms with Crippen LogP contribution in [0.1, 0.15) is 17.0 Å². The van der Waals surface area contributed by atoms with Gasteiger partial charge >= 0.3 is 0 Å². The van der Waals surface area contributed by atoms with E-state index in [9.17, 15) is 30.7 Å². The molecular formula is C12H3F7O. The molecule has 0 spiro atoms. The first-order valence-electron chi connectivity index (χ1n) is 5.55. The molecule has 0 aromatic heterocycles. The number of halogens is 7. The van der Waals surface area contributed by atoms with Crippen LogP contribution in [0.3, 0.4) is 0 Å². The van der Waals surface area contributed by atoms with Gasteiger partial charge in [-0.1, -0.05) is 0 Å². The molecule has 2 fully saturated rings. The smallest absolute Gasteiger partial charge is 0.279 e. The molecule has 106 valence electrons. The van der Waals surface area contributed by atoms with Gasteiger partial charge in [0.25, 0.3) is 11.7 Å². The number of benzene rings is 1. The molecule has 3 aliphatic rings. The summed E-state index contributed by atoms with van der Waals surface area (Å²) in [5.41, 5.74) is -2.29. The van der Waals surface area contributed by atoms with E-state index in [0.717, 1.165) is 0 Å². The summed E-state index contributed by atoms with van der Waals surface area (Å²) in [6.07, 6.45) is 0.498. The first-order valence-corrected chi connectivity index (χ1v) is 5.55. The lowest BCUT2D eigenvalue weighted by Crippen LogP contribution is -2.50. The Morgan fingerprint density at radius 3 is 2.10 bits per heavy atom. The standard InChI is InChI=1S/C12H3F7O/c13-3-1-2-6(12(19)11(2,18)20-12)5-4(3)7(14)9(16)10(17)8(5)15/h1-2,6H. The van der Waals surface area contributed by atoms with Crippen LogP contribution in [-0.4, -0.2) is 11.7 Å². The average molecular weight is 296 g/mol. The number of hydrogen-bond donors (Lipinski definition) is 0. The van der Waals surface area contributed by atoms with Crippen LogP contribution in [0.25, 0.3) is 5.83 Å². The van der Waals surface area contributed by atoms with Gasteiger partial charge in [0.05, 0.1) is 17.4 Å². The van der Waals surface area contributed by atoms with E-state index in [2.05, 4.69) is 4.74 Å². The fraction of sp³-hybridized carbons (Fsp3) is 0.333. The van der Waals surface area contributed by atoms with Crippen molar-refractivity contribution in [2.24, 2.45) is 5.92 Å². The van der Waals surface area contributed by atoms with Crippen molar-refractivity contribution in [2.45, 2.75) is 17.6 Å². The minimum absolute atomic E-state index is 0.498. The van der Waals surface area contributed by atoms with Crippen molar-refractivity contribution in [1.29, 1.82) is 0 Å². The Hall–Kier alpha value is -1.57. The summed E-state index contributed by atoms with van der Waals surface area (Å²) in [5, 5.41) is 0. The number of alkyl halides is 2. The second-order valence-corrected chi connectivity index (χ2v) is 4.95. The summed E-state index contributed by atoms with van der Waals surface area (Å²) in [7, 11) is 0. The first-order chi connectivity index (χ1) is 9.24. The molecule has 0 N–H and O–H groups in total. The zero-order valence-electron chi connectivity index (χ0n) is 9.29. The minimum atomic E-state index is -2.96. The third kappa shape index (κ3) is 0.972. The van der Waals surface area contributed by atoms with E-state index >= 15 is 0 Å². The maximum absolute atomic E-state index is 13.9. The molecule has 1 saturated heterocycles. The molecule has 4 rings (SSSR count). The molecule has 0 radical (unpaired) electrons. The highest BCUT2D eigenvalue weighted by Gasteiger charge is 2.92. The SMILES string of the molecule is FC1=CC2C(c3c(F)c(F)c(F)c(F)c31)C1(F)OC21F. The number of fused-ring (bicyclic) bond motifs is 6. The zero-order valence-corrected chi connectivity index (χ0v) is 9.29. The van der Waals surface area contributed by atoms with Crippen LogP contribution < -0.4 is 0 Å².